The molecule has 10 aromatic rings. The average Bonchev–Trinajstić information content (AvgIpc) is 3.78. The third-order valence-electron chi connectivity index (χ3n) is 17.0. The highest BCUT2D eigenvalue weighted by atomic mass is 16.6. The average molecular weight is 963 g/mol. The SMILES string of the molecule is Cc1ccccc1-c1cc2c3c(c1)N(c1cc4c(cc1C)C(C)(C)CCC4(C)C)c1cc4c(cc1B3N(c1ccc(C(C)(C)C)cc1-c1ccccc1)c1cc3oc5ccccc5c3cc1-2)Oc1ccccc1O4. The number of hydrogen-bond donors (Lipinski definition) is 0. The zero-order chi connectivity index (χ0) is 50.6. The number of aryl methyl sites for hydroxylation is 2. The van der Waals surface area contributed by atoms with E-state index in [0.717, 1.165) is 74.1 Å². The van der Waals surface area contributed by atoms with Crippen LogP contribution in [-0.4, -0.2) is 6.85 Å². The van der Waals surface area contributed by atoms with E-state index in [1.807, 2.05) is 24.3 Å². The Hall–Kier alpha value is -7.96. The van der Waals surface area contributed by atoms with Gasteiger partial charge in [0.2, 0.25) is 0 Å². The van der Waals surface area contributed by atoms with Crippen LogP contribution in [0.15, 0.2) is 174 Å². The van der Waals surface area contributed by atoms with E-state index in [0.29, 0.717) is 23.0 Å². The highest BCUT2D eigenvalue weighted by Gasteiger charge is 2.48. The van der Waals surface area contributed by atoms with E-state index in [9.17, 15) is 0 Å². The second kappa shape index (κ2) is 15.8. The van der Waals surface area contributed by atoms with E-state index >= 15 is 0 Å². The van der Waals surface area contributed by atoms with Gasteiger partial charge in [-0.15, -0.1) is 0 Å². The number of fused-ring (bicyclic) bond motifs is 10. The lowest BCUT2D eigenvalue weighted by atomic mass is 9.43. The van der Waals surface area contributed by atoms with E-state index in [1.165, 1.54) is 61.2 Å². The van der Waals surface area contributed by atoms with E-state index in [-0.39, 0.29) is 23.1 Å². The number of para-hydroxylation sites is 3. The first-order valence-electron chi connectivity index (χ1n) is 26.4. The molecule has 0 radical (unpaired) electrons. The molecule has 5 nitrogen and oxygen atoms in total. The van der Waals surface area contributed by atoms with Crippen LogP contribution in [0.25, 0.3) is 55.3 Å². The Kier molecular flexibility index (Phi) is 9.53. The predicted octanol–water partition coefficient (Wildman–Crippen LogP) is 17.8. The maximum atomic E-state index is 6.92. The van der Waals surface area contributed by atoms with Crippen molar-refractivity contribution in [3.05, 3.63) is 198 Å². The van der Waals surface area contributed by atoms with Crippen molar-refractivity contribution >= 4 is 68.1 Å². The molecule has 0 atom stereocenters. The zero-order valence-corrected chi connectivity index (χ0v) is 43.8. The molecule has 3 aliphatic heterocycles. The van der Waals surface area contributed by atoms with Gasteiger partial charge in [-0.05, 0) is 165 Å². The minimum absolute atomic E-state index is 0.0189. The molecule has 0 unspecified atom stereocenters. The Bertz CT molecular complexity index is 4010. The first-order valence-corrected chi connectivity index (χ1v) is 26.4. The number of rotatable bonds is 4. The van der Waals surface area contributed by atoms with Crippen LogP contribution in [0.2, 0.25) is 0 Å². The molecule has 362 valence electrons. The summed E-state index contributed by atoms with van der Waals surface area (Å²) in [5.41, 5.74) is 23.3. The second-order valence-electron chi connectivity index (χ2n) is 23.7. The molecule has 1 aliphatic carbocycles. The van der Waals surface area contributed by atoms with Crippen LogP contribution in [0.4, 0.5) is 28.4 Å². The van der Waals surface area contributed by atoms with Crippen molar-refractivity contribution in [3.8, 4) is 56.4 Å². The summed E-state index contributed by atoms with van der Waals surface area (Å²) in [5.74, 6) is 2.79. The molecule has 4 heterocycles. The molecule has 1 aromatic heterocycles. The van der Waals surface area contributed by atoms with E-state index in [4.69, 9.17) is 13.9 Å². The first-order chi connectivity index (χ1) is 35.6. The van der Waals surface area contributed by atoms with Crippen molar-refractivity contribution in [1.82, 2.24) is 0 Å². The first kappa shape index (κ1) is 44.7. The topological polar surface area (TPSA) is 38.1 Å². The van der Waals surface area contributed by atoms with Crippen molar-refractivity contribution in [2.24, 2.45) is 0 Å². The number of nitrogens with zero attached hydrogens (tertiary/aromatic N) is 2. The molecule has 0 bridgehead atoms. The lowest BCUT2D eigenvalue weighted by Crippen LogP contribution is -2.61. The summed E-state index contributed by atoms with van der Waals surface area (Å²) in [4.78, 5) is 5.21. The van der Waals surface area contributed by atoms with Crippen molar-refractivity contribution in [2.75, 3.05) is 9.71 Å². The lowest BCUT2D eigenvalue weighted by Gasteiger charge is -2.47. The van der Waals surface area contributed by atoms with Crippen LogP contribution in [0.1, 0.15) is 89.1 Å². The van der Waals surface area contributed by atoms with Crippen LogP contribution in [0.3, 0.4) is 0 Å². The van der Waals surface area contributed by atoms with Gasteiger partial charge in [0.05, 0.1) is 0 Å². The molecule has 0 amide bonds. The number of benzene rings is 9. The van der Waals surface area contributed by atoms with Gasteiger partial charge in [-0.1, -0.05) is 146 Å². The summed E-state index contributed by atoms with van der Waals surface area (Å²) in [6.07, 6.45) is 2.26. The second-order valence-corrected chi connectivity index (χ2v) is 23.7. The Labute approximate surface area is 435 Å². The third kappa shape index (κ3) is 6.69. The summed E-state index contributed by atoms with van der Waals surface area (Å²) >= 11 is 0. The molecule has 4 aliphatic rings. The van der Waals surface area contributed by atoms with Gasteiger partial charge in [-0.3, -0.25) is 0 Å². The Morgan fingerprint density at radius 3 is 1.88 bits per heavy atom. The number of hydrogen-bond acceptors (Lipinski definition) is 5. The molecule has 0 saturated heterocycles. The summed E-state index contributed by atoms with van der Waals surface area (Å²) in [6, 6.07) is 62.7. The number of ether oxygens (including phenoxy) is 2. The van der Waals surface area contributed by atoms with Crippen LogP contribution < -0.4 is 30.1 Å². The van der Waals surface area contributed by atoms with Gasteiger partial charge >= 0.3 is 6.85 Å². The lowest BCUT2D eigenvalue weighted by molar-refractivity contribution is 0.332. The highest BCUT2D eigenvalue weighted by Crippen LogP contribution is 2.56. The standard InChI is InChI=1S/C68H59BN2O3/c1-40-19-13-14-22-45(40)43-32-50-48-35-49-46-23-15-16-24-59(46)72-62(49)38-56(48)71(54-28-27-44(66(3,4)5)34-47(54)42-20-11-10-12-21-42)69-53-37-63-64(74-61-26-18-17-25-60(61)73-63)39-57(53)70(58(33-43)65(50)69)55-36-52-51(31-41(55)2)67(6,7)29-30-68(52,8)9/h10-28,31-39H,29-30H2,1-9H3. The fraction of sp³-hybridized carbons (Fsp3) is 0.206. The van der Waals surface area contributed by atoms with Gasteiger partial charge in [0, 0.05) is 62.5 Å². The van der Waals surface area contributed by atoms with Crippen LogP contribution in [0.5, 0.6) is 23.0 Å². The summed E-state index contributed by atoms with van der Waals surface area (Å²) in [6.45, 7) is 20.9. The molecule has 9 aromatic carbocycles. The minimum Gasteiger partial charge on any atom is -0.456 e. The molecule has 6 heteroatoms. The van der Waals surface area contributed by atoms with Crippen molar-refractivity contribution in [1.29, 1.82) is 0 Å². The van der Waals surface area contributed by atoms with E-state index in [2.05, 4.69) is 218 Å². The molecule has 0 spiro atoms. The molecule has 0 saturated carbocycles. The molecule has 0 N–H and O–H groups in total. The summed E-state index contributed by atoms with van der Waals surface area (Å²) in [7, 11) is 0. The number of anilines is 5. The number of furan rings is 1. The van der Waals surface area contributed by atoms with Gasteiger partial charge in [-0.25, -0.2) is 0 Å². The van der Waals surface area contributed by atoms with Gasteiger partial charge in [0.1, 0.15) is 11.2 Å². The van der Waals surface area contributed by atoms with E-state index in [1.54, 1.807) is 0 Å². The van der Waals surface area contributed by atoms with Gasteiger partial charge in [0.25, 0.3) is 0 Å². The zero-order valence-electron chi connectivity index (χ0n) is 43.8. The maximum absolute atomic E-state index is 6.92. The van der Waals surface area contributed by atoms with Crippen molar-refractivity contribution < 1.29 is 13.9 Å². The predicted molar refractivity (Wildman–Crippen MR) is 308 cm³/mol. The fourth-order valence-corrected chi connectivity index (χ4v) is 12.8. The molecule has 14 rings (SSSR count). The van der Waals surface area contributed by atoms with E-state index < -0.39 is 0 Å². The van der Waals surface area contributed by atoms with Crippen molar-refractivity contribution in [2.45, 2.75) is 91.4 Å². The van der Waals surface area contributed by atoms with Gasteiger partial charge in [0.15, 0.2) is 23.0 Å². The van der Waals surface area contributed by atoms with Crippen molar-refractivity contribution in [3.63, 3.8) is 0 Å². The molecular formula is C68H59BN2O3. The Morgan fingerprint density at radius 2 is 1.14 bits per heavy atom. The normalized spacial score (nSPS) is 15.6. The smallest absolute Gasteiger partial charge is 0.333 e. The Morgan fingerprint density at radius 1 is 0.459 bits per heavy atom. The van der Waals surface area contributed by atoms with Gasteiger partial charge < -0.3 is 23.6 Å². The largest absolute Gasteiger partial charge is 0.456 e. The fourth-order valence-electron chi connectivity index (χ4n) is 12.8. The molecule has 74 heavy (non-hydrogen) atoms. The van der Waals surface area contributed by atoms with Crippen LogP contribution >= 0.6 is 0 Å². The highest BCUT2D eigenvalue weighted by molar-refractivity contribution is 6.93. The van der Waals surface area contributed by atoms with Gasteiger partial charge in [-0.2, -0.15) is 0 Å². The van der Waals surface area contributed by atoms with Crippen LogP contribution in [-0.2, 0) is 16.2 Å². The maximum Gasteiger partial charge on any atom is 0.333 e. The quantitative estimate of drug-likeness (QED) is 0.164. The monoisotopic (exact) mass is 962 g/mol. The Balaban J connectivity index is 1.15. The molecule has 0 fully saturated rings. The third-order valence-corrected chi connectivity index (χ3v) is 17.0. The summed E-state index contributed by atoms with van der Waals surface area (Å²) in [5, 5.41) is 2.20. The van der Waals surface area contributed by atoms with Crippen LogP contribution in [0, 0.1) is 13.8 Å². The summed E-state index contributed by atoms with van der Waals surface area (Å²) < 4.78 is 20.7. The molecular weight excluding hydrogens is 904 g/mol. The minimum atomic E-state index is -0.325.